The molecule has 0 heterocycles. The number of alkyl halides is 2. The van der Waals surface area contributed by atoms with Crippen LogP contribution < -0.4 is 5.32 Å². The SMILES string of the molecule is CC(CCl)(CCl)NC(=O)CC1CCCC1. The monoisotopic (exact) mass is 251 g/mol. The minimum absolute atomic E-state index is 0.0886. The summed E-state index contributed by atoms with van der Waals surface area (Å²) in [4.78, 5) is 11.7. The van der Waals surface area contributed by atoms with E-state index >= 15 is 0 Å². The van der Waals surface area contributed by atoms with Crippen LogP contribution in [-0.4, -0.2) is 23.2 Å². The van der Waals surface area contributed by atoms with Crippen LogP contribution in [-0.2, 0) is 4.79 Å². The second-order valence-electron chi connectivity index (χ2n) is 4.73. The number of hydrogen-bond donors (Lipinski definition) is 1. The number of nitrogens with one attached hydrogen (secondary N) is 1. The summed E-state index contributed by atoms with van der Waals surface area (Å²) in [5.74, 6) is 1.37. The van der Waals surface area contributed by atoms with Gasteiger partial charge in [-0.2, -0.15) is 0 Å². The van der Waals surface area contributed by atoms with Crippen molar-refractivity contribution in [3.63, 3.8) is 0 Å². The van der Waals surface area contributed by atoms with Gasteiger partial charge >= 0.3 is 0 Å². The molecular formula is C11H19Cl2NO. The van der Waals surface area contributed by atoms with Crippen molar-refractivity contribution in [1.29, 1.82) is 0 Å². The standard InChI is InChI=1S/C11H19Cl2NO/c1-11(7-12,8-13)14-10(15)6-9-4-2-3-5-9/h9H,2-8H2,1H3,(H,14,15). The minimum atomic E-state index is -0.460. The highest BCUT2D eigenvalue weighted by Crippen LogP contribution is 2.27. The molecule has 0 aromatic carbocycles. The molecule has 0 spiro atoms. The first kappa shape index (κ1) is 13.1. The maximum atomic E-state index is 11.7. The highest BCUT2D eigenvalue weighted by atomic mass is 35.5. The van der Waals surface area contributed by atoms with Gasteiger partial charge in [0.2, 0.25) is 5.91 Å². The molecule has 1 fully saturated rings. The molecule has 1 saturated carbocycles. The largest absolute Gasteiger partial charge is 0.349 e. The topological polar surface area (TPSA) is 29.1 Å². The molecule has 0 aliphatic heterocycles. The zero-order valence-corrected chi connectivity index (χ0v) is 10.7. The summed E-state index contributed by atoms with van der Waals surface area (Å²) in [6, 6.07) is 0. The Hall–Kier alpha value is 0.0500. The molecule has 2 nitrogen and oxygen atoms in total. The number of hydrogen-bond acceptors (Lipinski definition) is 1. The predicted octanol–water partition coefficient (Wildman–Crippen LogP) is 2.92. The lowest BCUT2D eigenvalue weighted by Crippen LogP contribution is -2.49. The van der Waals surface area contributed by atoms with Crippen molar-refractivity contribution in [2.75, 3.05) is 11.8 Å². The normalized spacial score (nSPS) is 18.1. The van der Waals surface area contributed by atoms with Gasteiger partial charge < -0.3 is 5.32 Å². The lowest BCUT2D eigenvalue weighted by Gasteiger charge is -2.26. The Bertz CT molecular complexity index is 211. The van der Waals surface area contributed by atoms with Gasteiger partial charge in [0.1, 0.15) is 0 Å². The lowest BCUT2D eigenvalue weighted by atomic mass is 10.0. The van der Waals surface area contributed by atoms with E-state index in [4.69, 9.17) is 23.2 Å². The first-order valence-electron chi connectivity index (χ1n) is 5.52. The van der Waals surface area contributed by atoms with Crippen molar-refractivity contribution < 1.29 is 4.79 Å². The molecular weight excluding hydrogens is 233 g/mol. The Morgan fingerprint density at radius 2 is 1.87 bits per heavy atom. The first-order chi connectivity index (χ1) is 7.09. The summed E-state index contributed by atoms with van der Waals surface area (Å²) >= 11 is 11.5. The Morgan fingerprint density at radius 3 is 2.33 bits per heavy atom. The number of carbonyl (C=O) groups excluding carboxylic acids is 1. The van der Waals surface area contributed by atoms with Crippen LogP contribution in [0.5, 0.6) is 0 Å². The van der Waals surface area contributed by atoms with Crippen molar-refractivity contribution in [3.05, 3.63) is 0 Å². The summed E-state index contributed by atoms with van der Waals surface area (Å²) in [5, 5.41) is 2.92. The van der Waals surface area contributed by atoms with E-state index in [0.717, 1.165) is 0 Å². The first-order valence-corrected chi connectivity index (χ1v) is 6.59. The molecule has 1 rings (SSSR count). The van der Waals surface area contributed by atoms with Crippen LogP contribution in [0, 0.1) is 5.92 Å². The van der Waals surface area contributed by atoms with Crippen molar-refractivity contribution in [2.45, 2.75) is 44.6 Å². The highest BCUT2D eigenvalue weighted by Gasteiger charge is 2.26. The molecule has 0 saturated heterocycles. The molecule has 1 amide bonds. The molecule has 1 N–H and O–H groups in total. The van der Waals surface area contributed by atoms with Crippen LogP contribution in [0.2, 0.25) is 0 Å². The van der Waals surface area contributed by atoms with Crippen LogP contribution >= 0.6 is 23.2 Å². The Labute approximate surface area is 102 Å². The van der Waals surface area contributed by atoms with E-state index in [9.17, 15) is 4.79 Å². The van der Waals surface area contributed by atoms with E-state index < -0.39 is 5.54 Å². The van der Waals surface area contributed by atoms with Gasteiger partial charge in [0, 0.05) is 18.2 Å². The molecule has 4 heteroatoms. The van der Waals surface area contributed by atoms with Gasteiger partial charge in [0.25, 0.3) is 0 Å². The van der Waals surface area contributed by atoms with Crippen LogP contribution in [0.1, 0.15) is 39.0 Å². The van der Waals surface area contributed by atoms with Gasteiger partial charge in [-0.3, -0.25) is 4.79 Å². The average Bonchev–Trinajstić information content (AvgIpc) is 2.70. The quantitative estimate of drug-likeness (QED) is 0.749. The van der Waals surface area contributed by atoms with Gasteiger partial charge in [-0.1, -0.05) is 12.8 Å². The Balaban J connectivity index is 2.33. The van der Waals surface area contributed by atoms with Crippen molar-refractivity contribution in [1.82, 2.24) is 5.32 Å². The van der Waals surface area contributed by atoms with Crippen LogP contribution in [0.4, 0.5) is 0 Å². The van der Waals surface area contributed by atoms with E-state index in [1.807, 2.05) is 6.92 Å². The second kappa shape index (κ2) is 5.95. The fourth-order valence-corrected chi connectivity index (χ4v) is 2.39. The van der Waals surface area contributed by atoms with Crippen molar-refractivity contribution in [2.24, 2.45) is 5.92 Å². The fourth-order valence-electron chi connectivity index (χ4n) is 1.97. The summed E-state index contributed by atoms with van der Waals surface area (Å²) in [7, 11) is 0. The van der Waals surface area contributed by atoms with E-state index in [2.05, 4.69) is 5.32 Å². The Kier molecular flexibility index (Phi) is 5.20. The molecule has 0 bridgehead atoms. The average molecular weight is 252 g/mol. The second-order valence-corrected chi connectivity index (χ2v) is 5.27. The zero-order chi connectivity index (χ0) is 11.3. The number of rotatable bonds is 5. The molecule has 15 heavy (non-hydrogen) atoms. The van der Waals surface area contributed by atoms with Gasteiger partial charge in [0.15, 0.2) is 0 Å². The van der Waals surface area contributed by atoms with Gasteiger partial charge in [-0.15, -0.1) is 23.2 Å². The van der Waals surface area contributed by atoms with Gasteiger partial charge in [-0.05, 0) is 25.7 Å². The molecule has 0 radical (unpaired) electrons. The van der Waals surface area contributed by atoms with Crippen LogP contribution in [0.3, 0.4) is 0 Å². The van der Waals surface area contributed by atoms with Crippen molar-refractivity contribution in [3.8, 4) is 0 Å². The lowest BCUT2D eigenvalue weighted by molar-refractivity contribution is -0.123. The summed E-state index contributed by atoms with van der Waals surface area (Å²) < 4.78 is 0. The van der Waals surface area contributed by atoms with Gasteiger partial charge in [0.05, 0.1) is 5.54 Å². The van der Waals surface area contributed by atoms with E-state index in [1.54, 1.807) is 0 Å². The molecule has 0 aromatic heterocycles. The predicted molar refractivity (Wildman–Crippen MR) is 64.6 cm³/mol. The minimum Gasteiger partial charge on any atom is -0.349 e. The van der Waals surface area contributed by atoms with E-state index in [0.29, 0.717) is 24.1 Å². The third-order valence-electron chi connectivity index (χ3n) is 2.98. The maximum absolute atomic E-state index is 11.7. The number of amides is 1. The molecule has 88 valence electrons. The fraction of sp³-hybridized carbons (Fsp3) is 0.909. The molecule has 0 atom stereocenters. The van der Waals surface area contributed by atoms with Crippen LogP contribution in [0.15, 0.2) is 0 Å². The summed E-state index contributed by atoms with van der Waals surface area (Å²) in [6.45, 7) is 1.87. The Morgan fingerprint density at radius 1 is 1.33 bits per heavy atom. The number of halogens is 2. The summed E-state index contributed by atoms with van der Waals surface area (Å²) in [6.07, 6.45) is 5.53. The molecule has 0 aromatic rings. The number of carbonyl (C=O) groups is 1. The summed E-state index contributed by atoms with van der Waals surface area (Å²) in [5.41, 5.74) is -0.460. The van der Waals surface area contributed by atoms with Gasteiger partial charge in [-0.25, -0.2) is 0 Å². The smallest absolute Gasteiger partial charge is 0.220 e. The maximum Gasteiger partial charge on any atom is 0.220 e. The van der Waals surface area contributed by atoms with E-state index in [-0.39, 0.29) is 5.91 Å². The third-order valence-corrected chi connectivity index (χ3v) is 4.16. The molecule has 1 aliphatic rings. The van der Waals surface area contributed by atoms with Crippen molar-refractivity contribution >= 4 is 29.1 Å². The van der Waals surface area contributed by atoms with E-state index in [1.165, 1.54) is 25.7 Å². The highest BCUT2D eigenvalue weighted by molar-refractivity contribution is 6.22. The van der Waals surface area contributed by atoms with Crippen LogP contribution in [0.25, 0.3) is 0 Å². The molecule has 1 aliphatic carbocycles. The molecule has 0 unspecified atom stereocenters. The third kappa shape index (κ3) is 4.20. The zero-order valence-electron chi connectivity index (χ0n) is 9.19.